The van der Waals surface area contributed by atoms with E-state index in [4.69, 9.17) is 13.9 Å². The van der Waals surface area contributed by atoms with Crippen molar-refractivity contribution in [2.24, 2.45) is 0 Å². The summed E-state index contributed by atoms with van der Waals surface area (Å²) in [5.74, 6) is 1.47. The van der Waals surface area contributed by atoms with Gasteiger partial charge in [-0.1, -0.05) is 19.3 Å². The van der Waals surface area contributed by atoms with Gasteiger partial charge in [-0.15, -0.1) is 0 Å². The lowest BCUT2D eigenvalue weighted by Gasteiger charge is -2.21. The van der Waals surface area contributed by atoms with E-state index in [2.05, 4.69) is 10.6 Å². The van der Waals surface area contributed by atoms with E-state index >= 15 is 0 Å². The number of hydrogen-bond donors (Lipinski definition) is 2. The largest absolute Gasteiger partial charge is 0.493 e. The van der Waals surface area contributed by atoms with Crippen molar-refractivity contribution in [2.45, 2.75) is 37.4 Å². The summed E-state index contributed by atoms with van der Waals surface area (Å²) in [5.41, 5.74) is 0.455. The summed E-state index contributed by atoms with van der Waals surface area (Å²) in [6, 6.07) is 8.26. The number of hydrogen-bond acceptors (Lipinski definition) is 6. The molecule has 1 aromatic heterocycles. The lowest BCUT2D eigenvalue weighted by Crippen LogP contribution is -2.36. The number of methoxy groups -OCH3 is 2. The highest BCUT2D eigenvalue weighted by Crippen LogP contribution is 2.28. The molecule has 1 fully saturated rings. The average molecular weight is 459 g/mol. The third kappa shape index (κ3) is 6.82. The number of amides is 2. The number of rotatable bonds is 10. The predicted octanol–water partition coefficient (Wildman–Crippen LogP) is 4.25. The standard InChI is InChI=1S/C24H30N2O5S/c1-29-21-11-10-17(15-22(21)30-2)23(27)26-20(16-18-7-6-13-31-18)24(28)25-12-14-32-19-8-4-3-5-9-19/h6-7,10-11,13,15-16,19H,3-5,8-9,12,14H2,1-2H3,(H,25,28)(H,26,27)/b20-16-. The molecule has 0 radical (unpaired) electrons. The first kappa shape index (κ1) is 23.8. The third-order valence-electron chi connectivity index (χ3n) is 5.26. The molecular weight excluding hydrogens is 428 g/mol. The van der Waals surface area contributed by atoms with Crippen molar-refractivity contribution >= 4 is 29.7 Å². The molecule has 1 heterocycles. The zero-order valence-electron chi connectivity index (χ0n) is 18.5. The number of benzene rings is 1. The van der Waals surface area contributed by atoms with Crippen LogP contribution in [0.2, 0.25) is 0 Å². The van der Waals surface area contributed by atoms with E-state index in [9.17, 15) is 9.59 Å². The average Bonchev–Trinajstić information content (AvgIpc) is 3.34. The van der Waals surface area contributed by atoms with Crippen LogP contribution in [0.5, 0.6) is 11.5 Å². The van der Waals surface area contributed by atoms with Gasteiger partial charge in [-0.3, -0.25) is 9.59 Å². The van der Waals surface area contributed by atoms with E-state index < -0.39 is 5.91 Å². The van der Waals surface area contributed by atoms with Crippen molar-refractivity contribution in [3.05, 3.63) is 53.6 Å². The van der Waals surface area contributed by atoms with Crippen LogP contribution in [0.1, 0.15) is 48.2 Å². The van der Waals surface area contributed by atoms with Crippen molar-refractivity contribution < 1.29 is 23.5 Å². The summed E-state index contributed by atoms with van der Waals surface area (Å²) in [7, 11) is 3.03. The van der Waals surface area contributed by atoms with Gasteiger partial charge >= 0.3 is 0 Å². The maximum atomic E-state index is 12.8. The number of nitrogens with one attached hydrogen (secondary N) is 2. The minimum absolute atomic E-state index is 0.113. The zero-order chi connectivity index (χ0) is 22.8. The monoisotopic (exact) mass is 458 g/mol. The number of ether oxygens (including phenoxy) is 2. The third-order valence-corrected chi connectivity index (χ3v) is 6.64. The highest BCUT2D eigenvalue weighted by Gasteiger charge is 2.18. The SMILES string of the molecule is COc1ccc(C(=O)N/C(=C\c2ccco2)C(=O)NCCSC2CCCCC2)cc1OC. The first-order valence-corrected chi connectivity index (χ1v) is 11.8. The molecule has 1 aliphatic carbocycles. The Kier molecular flexibility index (Phi) is 9.10. The van der Waals surface area contributed by atoms with Gasteiger partial charge in [0.1, 0.15) is 11.5 Å². The maximum Gasteiger partial charge on any atom is 0.267 e. The quantitative estimate of drug-likeness (QED) is 0.409. The van der Waals surface area contributed by atoms with Crippen LogP contribution in [0.3, 0.4) is 0 Å². The van der Waals surface area contributed by atoms with Gasteiger partial charge in [-0.25, -0.2) is 0 Å². The maximum absolute atomic E-state index is 12.8. The molecule has 32 heavy (non-hydrogen) atoms. The highest BCUT2D eigenvalue weighted by atomic mass is 32.2. The van der Waals surface area contributed by atoms with E-state index in [0.717, 1.165) is 5.75 Å². The Bertz CT molecular complexity index is 920. The molecule has 0 atom stereocenters. The van der Waals surface area contributed by atoms with Gasteiger partial charge in [0, 0.05) is 29.2 Å². The molecule has 1 aromatic carbocycles. The summed E-state index contributed by atoms with van der Waals surface area (Å²) in [6.07, 6.45) is 9.45. The van der Waals surface area contributed by atoms with Crippen LogP contribution in [0.25, 0.3) is 6.08 Å². The molecule has 2 amide bonds. The molecule has 0 bridgehead atoms. The Labute approximate surface area is 192 Å². The molecule has 8 heteroatoms. The van der Waals surface area contributed by atoms with Gasteiger partial charge in [0.05, 0.1) is 20.5 Å². The van der Waals surface area contributed by atoms with E-state index in [1.54, 1.807) is 30.3 Å². The molecule has 3 rings (SSSR count). The second kappa shape index (κ2) is 12.2. The second-order valence-electron chi connectivity index (χ2n) is 7.48. The molecule has 0 saturated heterocycles. The minimum atomic E-state index is -0.435. The van der Waals surface area contributed by atoms with E-state index in [-0.39, 0.29) is 11.6 Å². The van der Waals surface area contributed by atoms with Gasteiger partial charge in [0.25, 0.3) is 11.8 Å². The zero-order valence-corrected chi connectivity index (χ0v) is 19.3. The Morgan fingerprint density at radius 3 is 2.59 bits per heavy atom. The van der Waals surface area contributed by atoms with E-state index in [0.29, 0.717) is 34.6 Å². The van der Waals surface area contributed by atoms with E-state index in [1.807, 2.05) is 11.8 Å². The minimum Gasteiger partial charge on any atom is -0.493 e. The topological polar surface area (TPSA) is 89.8 Å². The molecule has 0 aliphatic heterocycles. The second-order valence-corrected chi connectivity index (χ2v) is 8.89. The molecular formula is C24H30N2O5S. The lowest BCUT2D eigenvalue weighted by atomic mass is 10.0. The number of carbonyl (C=O) groups excluding carboxylic acids is 2. The summed E-state index contributed by atoms with van der Waals surface area (Å²) >= 11 is 1.91. The van der Waals surface area contributed by atoms with Crippen LogP contribution in [0, 0.1) is 0 Å². The fourth-order valence-corrected chi connectivity index (χ4v) is 4.78. The van der Waals surface area contributed by atoms with Crippen molar-refractivity contribution in [1.29, 1.82) is 0 Å². The molecule has 2 N–H and O–H groups in total. The number of furan rings is 1. The van der Waals surface area contributed by atoms with Gasteiger partial charge in [-0.05, 0) is 43.2 Å². The van der Waals surface area contributed by atoms with Gasteiger partial charge in [-0.2, -0.15) is 11.8 Å². The lowest BCUT2D eigenvalue weighted by molar-refractivity contribution is -0.117. The number of carbonyl (C=O) groups is 2. The van der Waals surface area contributed by atoms with Crippen molar-refractivity contribution in [2.75, 3.05) is 26.5 Å². The van der Waals surface area contributed by atoms with Crippen LogP contribution >= 0.6 is 11.8 Å². The summed E-state index contributed by atoms with van der Waals surface area (Å²) < 4.78 is 15.8. The van der Waals surface area contributed by atoms with Crippen molar-refractivity contribution in [1.82, 2.24) is 10.6 Å². The molecule has 172 valence electrons. The Hall–Kier alpha value is -2.87. The fourth-order valence-electron chi connectivity index (χ4n) is 3.56. The van der Waals surface area contributed by atoms with Crippen LogP contribution in [-0.2, 0) is 4.79 Å². The highest BCUT2D eigenvalue weighted by molar-refractivity contribution is 7.99. The smallest absolute Gasteiger partial charge is 0.267 e. The molecule has 0 spiro atoms. The molecule has 1 saturated carbocycles. The normalized spacial score (nSPS) is 14.6. The number of thioether (sulfide) groups is 1. The molecule has 7 nitrogen and oxygen atoms in total. The Morgan fingerprint density at radius 1 is 1.12 bits per heavy atom. The molecule has 2 aromatic rings. The van der Waals surface area contributed by atoms with Crippen LogP contribution in [0.15, 0.2) is 46.7 Å². The fraction of sp³-hybridized carbons (Fsp3) is 0.417. The molecule has 1 aliphatic rings. The summed E-state index contributed by atoms with van der Waals surface area (Å²) in [6.45, 7) is 0.529. The van der Waals surface area contributed by atoms with Crippen LogP contribution < -0.4 is 20.1 Å². The van der Waals surface area contributed by atoms with Crippen LogP contribution in [-0.4, -0.2) is 43.6 Å². The first-order valence-electron chi connectivity index (χ1n) is 10.8. The van der Waals surface area contributed by atoms with Gasteiger partial charge < -0.3 is 24.5 Å². The predicted molar refractivity (Wildman–Crippen MR) is 126 cm³/mol. The van der Waals surface area contributed by atoms with Crippen molar-refractivity contribution in [3.63, 3.8) is 0 Å². The van der Waals surface area contributed by atoms with Crippen molar-refractivity contribution in [3.8, 4) is 11.5 Å². The van der Waals surface area contributed by atoms with Gasteiger partial charge in [0.2, 0.25) is 0 Å². The first-order chi connectivity index (χ1) is 15.6. The van der Waals surface area contributed by atoms with E-state index in [1.165, 1.54) is 58.7 Å². The van der Waals surface area contributed by atoms with Crippen LogP contribution in [0.4, 0.5) is 0 Å². The van der Waals surface area contributed by atoms with Gasteiger partial charge in [0.15, 0.2) is 11.5 Å². The Balaban J connectivity index is 1.63. The summed E-state index contributed by atoms with van der Waals surface area (Å²) in [4.78, 5) is 25.7. The molecule has 0 unspecified atom stereocenters. The Morgan fingerprint density at radius 2 is 1.91 bits per heavy atom. The summed E-state index contributed by atoms with van der Waals surface area (Å²) in [5, 5.41) is 6.28.